The average Bonchev–Trinajstić information content (AvgIpc) is 2.97. The molecule has 0 saturated heterocycles. The Hall–Kier alpha value is -1.65. The van der Waals surface area contributed by atoms with Gasteiger partial charge in [0.2, 0.25) is 0 Å². The summed E-state index contributed by atoms with van der Waals surface area (Å²) in [5.41, 5.74) is 9.17. The Balaban J connectivity index is 1.97. The van der Waals surface area contributed by atoms with Crippen molar-refractivity contribution >= 4 is 22.4 Å². The third kappa shape index (κ3) is 1.94. The Kier molecular flexibility index (Phi) is 2.89. The fourth-order valence-corrected chi connectivity index (χ4v) is 2.93. The summed E-state index contributed by atoms with van der Waals surface area (Å²) in [5.74, 6) is 1.09. The molecule has 92 valence electrons. The van der Waals surface area contributed by atoms with Crippen LogP contribution in [0.3, 0.4) is 0 Å². The van der Waals surface area contributed by atoms with Gasteiger partial charge in [0.15, 0.2) is 0 Å². The first kappa shape index (κ1) is 11.4. The zero-order chi connectivity index (χ0) is 12.5. The Bertz CT molecular complexity index is 681. The van der Waals surface area contributed by atoms with Crippen LogP contribution < -0.4 is 5.73 Å². The number of para-hydroxylation sites is 2. The second-order valence-corrected chi connectivity index (χ2v) is 5.37. The first-order valence-electron chi connectivity index (χ1n) is 5.94. The van der Waals surface area contributed by atoms with Crippen molar-refractivity contribution in [3.8, 4) is 0 Å². The normalized spacial score (nSPS) is 11.2. The Labute approximate surface area is 110 Å². The maximum atomic E-state index is 5.64. The highest BCUT2D eigenvalue weighted by Crippen LogP contribution is 2.20. The standard InChI is InChI=1S/C14H15N3S/c1-17-13-5-3-2-4-12(13)16-14(17)7-10-6-11(8-15)18-9-10/h2-6,9H,7-8,15H2,1H3. The largest absolute Gasteiger partial charge is 0.331 e. The Morgan fingerprint density at radius 2 is 2.17 bits per heavy atom. The van der Waals surface area contributed by atoms with Crippen LogP contribution in [0.4, 0.5) is 0 Å². The first-order valence-corrected chi connectivity index (χ1v) is 6.82. The molecule has 3 aromatic rings. The van der Waals surface area contributed by atoms with E-state index < -0.39 is 0 Å². The second-order valence-electron chi connectivity index (χ2n) is 4.38. The highest BCUT2D eigenvalue weighted by molar-refractivity contribution is 7.10. The maximum absolute atomic E-state index is 5.64. The van der Waals surface area contributed by atoms with Gasteiger partial charge in [0, 0.05) is 24.9 Å². The molecule has 0 radical (unpaired) electrons. The van der Waals surface area contributed by atoms with E-state index in [1.54, 1.807) is 11.3 Å². The molecule has 1 aromatic carbocycles. The lowest BCUT2D eigenvalue weighted by Crippen LogP contribution is -1.98. The Morgan fingerprint density at radius 1 is 1.33 bits per heavy atom. The number of fused-ring (bicyclic) bond motifs is 1. The van der Waals surface area contributed by atoms with Gasteiger partial charge in [-0.1, -0.05) is 12.1 Å². The van der Waals surface area contributed by atoms with Gasteiger partial charge < -0.3 is 10.3 Å². The molecule has 0 amide bonds. The van der Waals surface area contributed by atoms with Crippen LogP contribution in [0.5, 0.6) is 0 Å². The quantitative estimate of drug-likeness (QED) is 0.784. The van der Waals surface area contributed by atoms with Crippen molar-refractivity contribution < 1.29 is 0 Å². The number of imidazole rings is 1. The number of benzene rings is 1. The van der Waals surface area contributed by atoms with Crippen LogP contribution in [0.25, 0.3) is 11.0 Å². The average molecular weight is 257 g/mol. The minimum atomic E-state index is 0.618. The highest BCUT2D eigenvalue weighted by Gasteiger charge is 2.08. The summed E-state index contributed by atoms with van der Waals surface area (Å²) < 4.78 is 2.16. The van der Waals surface area contributed by atoms with Gasteiger partial charge in [0.25, 0.3) is 0 Å². The molecule has 0 aliphatic carbocycles. The lowest BCUT2D eigenvalue weighted by Gasteiger charge is -2.00. The molecular formula is C14H15N3S. The van der Waals surface area contributed by atoms with Gasteiger partial charge in [-0.3, -0.25) is 0 Å². The second kappa shape index (κ2) is 4.55. The van der Waals surface area contributed by atoms with E-state index in [-0.39, 0.29) is 0 Å². The van der Waals surface area contributed by atoms with Crippen LogP contribution in [0.15, 0.2) is 35.7 Å². The SMILES string of the molecule is Cn1c(Cc2csc(CN)c2)nc2ccccc21. The van der Waals surface area contributed by atoms with Crippen molar-refractivity contribution in [2.24, 2.45) is 12.8 Å². The molecule has 0 aliphatic rings. The molecule has 0 fully saturated rings. The molecule has 0 aliphatic heterocycles. The van der Waals surface area contributed by atoms with Crippen LogP contribution in [0.2, 0.25) is 0 Å². The van der Waals surface area contributed by atoms with Crippen LogP contribution in [0, 0.1) is 0 Å². The van der Waals surface area contributed by atoms with E-state index in [1.165, 1.54) is 16.0 Å². The fourth-order valence-electron chi connectivity index (χ4n) is 2.16. The topological polar surface area (TPSA) is 43.8 Å². The van der Waals surface area contributed by atoms with Gasteiger partial charge in [0.05, 0.1) is 11.0 Å². The van der Waals surface area contributed by atoms with Gasteiger partial charge in [-0.2, -0.15) is 0 Å². The molecule has 0 saturated carbocycles. The third-order valence-corrected chi connectivity index (χ3v) is 4.16. The van der Waals surface area contributed by atoms with Crippen molar-refractivity contribution in [1.29, 1.82) is 0 Å². The number of thiophene rings is 1. The molecular weight excluding hydrogens is 242 g/mol. The molecule has 18 heavy (non-hydrogen) atoms. The number of aryl methyl sites for hydroxylation is 1. The Morgan fingerprint density at radius 3 is 2.89 bits per heavy atom. The summed E-state index contributed by atoms with van der Waals surface area (Å²) in [7, 11) is 2.07. The van der Waals surface area contributed by atoms with E-state index in [0.717, 1.165) is 17.8 Å². The van der Waals surface area contributed by atoms with Crippen molar-refractivity contribution in [3.05, 3.63) is 52.0 Å². The van der Waals surface area contributed by atoms with Crippen LogP contribution in [-0.4, -0.2) is 9.55 Å². The lowest BCUT2D eigenvalue weighted by atomic mass is 10.2. The predicted octanol–water partition coefficient (Wildman–Crippen LogP) is 2.68. The number of hydrogen-bond donors (Lipinski definition) is 1. The number of nitrogens with zero attached hydrogens (tertiary/aromatic N) is 2. The van der Waals surface area contributed by atoms with Gasteiger partial charge in [-0.25, -0.2) is 4.98 Å². The minimum Gasteiger partial charge on any atom is -0.331 e. The molecule has 2 heterocycles. The van der Waals surface area contributed by atoms with E-state index in [2.05, 4.69) is 40.2 Å². The maximum Gasteiger partial charge on any atom is 0.114 e. The number of rotatable bonds is 3. The van der Waals surface area contributed by atoms with E-state index in [9.17, 15) is 0 Å². The predicted molar refractivity (Wildman–Crippen MR) is 75.7 cm³/mol. The van der Waals surface area contributed by atoms with Crippen LogP contribution in [-0.2, 0) is 20.0 Å². The zero-order valence-corrected chi connectivity index (χ0v) is 11.1. The van der Waals surface area contributed by atoms with E-state index in [0.29, 0.717) is 6.54 Å². The molecule has 4 heteroatoms. The third-order valence-electron chi connectivity index (χ3n) is 3.15. The van der Waals surface area contributed by atoms with Gasteiger partial charge in [0.1, 0.15) is 5.82 Å². The lowest BCUT2D eigenvalue weighted by molar-refractivity contribution is 0.845. The van der Waals surface area contributed by atoms with Gasteiger partial charge >= 0.3 is 0 Å². The summed E-state index contributed by atoms with van der Waals surface area (Å²) in [5, 5.41) is 2.17. The molecule has 0 unspecified atom stereocenters. The van der Waals surface area contributed by atoms with E-state index in [4.69, 9.17) is 5.73 Å². The van der Waals surface area contributed by atoms with Gasteiger partial charge in [-0.05, 0) is 29.1 Å². The summed E-state index contributed by atoms with van der Waals surface area (Å²) in [4.78, 5) is 5.90. The van der Waals surface area contributed by atoms with E-state index in [1.807, 2.05) is 12.1 Å². The summed E-state index contributed by atoms with van der Waals surface area (Å²) >= 11 is 1.72. The van der Waals surface area contributed by atoms with Crippen molar-refractivity contribution in [2.75, 3.05) is 0 Å². The summed E-state index contributed by atoms with van der Waals surface area (Å²) in [6.07, 6.45) is 0.863. The molecule has 2 aromatic heterocycles. The molecule has 3 rings (SSSR count). The number of hydrogen-bond acceptors (Lipinski definition) is 3. The summed E-state index contributed by atoms with van der Waals surface area (Å²) in [6, 6.07) is 10.4. The van der Waals surface area contributed by atoms with Crippen molar-refractivity contribution in [1.82, 2.24) is 9.55 Å². The molecule has 0 bridgehead atoms. The molecule has 0 atom stereocenters. The first-order chi connectivity index (χ1) is 8.78. The monoisotopic (exact) mass is 257 g/mol. The number of aromatic nitrogens is 2. The molecule has 3 nitrogen and oxygen atoms in total. The minimum absolute atomic E-state index is 0.618. The van der Waals surface area contributed by atoms with Crippen LogP contribution in [0.1, 0.15) is 16.3 Å². The summed E-state index contributed by atoms with van der Waals surface area (Å²) in [6.45, 7) is 0.618. The number of nitrogens with two attached hydrogens (primary N) is 1. The van der Waals surface area contributed by atoms with Crippen LogP contribution >= 0.6 is 11.3 Å². The molecule has 0 spiro atoms. The van der Waals surface area contributed by atoms with Gasteiger partial charge in [-0.15, -0.1) is 11.3 Å². The van der Waals surface area contributed by atoms with Crippen molar-refractivity contribution in [3.63, 3.8) is 0 Å². The fraction of sp³-hybridized carbons (Fsp3) is 0.214. The highest BCUT2D eigenvalue weighted by atomic mass is 32.1. The smallest absolute Gasteiger partial charge is 0.114 e. The van der Waals surface area contributed by atoms with Crippen molar-refractivity contribution in [2.45, 2.75) is 13.0 Å². The molecule has 2 N–H and O–H groups in total. The zero-order valence-electron chi connectivity index (χ0n) is 10.3. The van der Waals surface area contributed by atoms with E-state index >= 15 is 0 Å².